The van der Waals surface area contributed by atoms with E-state index in [1.165, 1.54) is 0 Å². The van der Waals surface area contributed by atoms with Crippen molar-refractivity contribution in [1.29, 1.82) is 0 Å². The van der Waals surface area contributed by atoms with Gasteiger partial charge in [0, 0.05) is 12.2 Å². The molecule has 1 aromatic rings. The number of carbonyl (C=O) groups is 1. The zero-order chi connectivity index (χ0) is 10.4. The van der Waals surface area contributed by atoms with Crippen LogP contribution in [0.2, 0.25) is 0 Å². The van der Waals surface area contributed by atoms with Crippen LogP contribution in [0, 0.1) is 0 Å². The molecule has 0 aliphatic carbocycles. The Morgan fingerprint density at radius 3 is 2.79 bits per heavy atom. The molecular formula is C11H16N2O. The van der Waals surface area contributed by atoms with Gasteiger partial charge in [0.25, 0.3) is 0 Å². The van der Waals surface area contributed by atoms with E-state index in [1.807, 2.05) is 24.3 Å². The van der Waals surface area contributed by atoms with Gasteiger partial charge in [-0.25, -0.2) is 0 Å². The second kappa shape index (κ2) is 5.27. The maximum absolute atomic E-state index is 10.8. The Balaban J connectivity index is 2.74. The molecule has 3 heteroatoms. The van der Waals surface area contributed by atoms with Crippen molar-refractivity contribution in [1.82, 2.24) is 0 Å². The highest BCUT2D eigenvalue weighted by molar-refractivity contribution is 5.78. The van der Waals surface area contributed by atoms with Crippen LogP contribution >= 0.6 is 0 Å². The Morgan fingerprint density at radius 1 is 1.43 bits per heavy atom. The summed E-state index contributed by atoms with van der Waals surface area (Å²) in [5.41, 5.74) is 7.13. The number of nitrogens with one attached hydrogen (secondary N) is 1. The Hall–Kier alpha value is -1.51. The van der Waals surface area contributed by atoms with Crippen LogP contribution in [0.4, 0.5) is 5.69 Å². The number of anilines is 1. The van der Waals surface area contributed by atoms with Gasteiger partial charge in [-0.3, -0.25) is 4.79 Å². The summed E-state index contributed by atoms with van der Waals surface area (Å²) in [6.07, 6.45) is 1.36. The minimum absolute atomic E-state index is 0.296. The highest BCUT2D eigenvalue weighted by Gasteiger charge is 2.03. The number of para-hydroxylation sites is 1. The fourth-order valence-electron chi connectivity index (χ4n) is 1.29. The van der Waals surface area contributed by atoms with Crippen molar-refractivity contribution >= 4 is 11.6 Å². The zero-order valence-corrected chi connectivity index (χ0v) is 8.42. The molecule has 3 nitrogen and oxygen atoms in total. The first-order valence-electron chi connectivity index (χ1n) is 4.84. The molecule has 0 fully saturated rings. The highest BCUT2D eigenvalue weighted by Crippen LogP contribution is 2.15. The van der Waals surface area contributed by atoms with Gasteiger partial charge < -0.3 is 11.1 Å². The van der Waals surface area contributed by atoms with E-state index in [9.17, 15) is 4.79 Å². The van der Waals surface area contributed by atoms with Gasteiger partial charge in [0.1, 0.15) is 0 Å². The molecule has 1 aromatic carbocycles. The molecule has 0 saturated carbocycles. The largest absolute Gasteiger partial charge is 0.385 e. The molecule has 0 heterocycles. The van der Waals surface area contributed by atoms with Crippen LogP contribution in [-0.2, 0) is 11.2 Å². The smallest absolute Gasteiger partial charge is 0.221 e. The lowest BCUT2D eigenvalue weighted by molar-refractivity contribution is -0.117. The fraction of sp³-hybridized carbons (Fsp3) is 0.364. The first-order valence-corrected chi connectivity index (χ1v) is 4.84. The van der Waals surface area contributed by atoms with Crippen molar-refractivity contribution in [2.45, 2.75) is 19.8 Å². The second-order valence-electron chi connectivity index (χ2n) is 3.23. The average molecular weight is 192 g/mol. The summed E-state index contributed by atoms with van der Waals surface area (Å²) in [6.45, 7) is 3.01. The quantitative estimate of drug-likeness (QED) is 0.743. The third-order valence-corrected chi connectivity index (χ3v) is 1.95. The molecule has 0 radical (unpaired) electrons. The van der Waals surface area contributed by atoms with Crippen LogP contribution in [0.15, 0.2) is 24.3 Å². The molecule has 0 bridgehead atoms. The summed E-state index contributed by atoms with van der Waals surface area (Å²) >= 11 is 0. The van der Waals surface area contributed by atoms with Crippen molar-refractivity contribution in [2.24, 2.45) is 5.73 Å². The van der Waals surface area contributed by atoms with Crippen LogP contribution < -0.4 is 11.1 Å². The molecule has 1 amide bonds. The maximum atomic E-state index is 10.8. The normalized spacial score (nSPS) is 9.79. The van der Waals surface area contributed by atoms with Gasteiger partial charge in [-0.2, -0.15) is 0 Å². The van der Waals surface area contributed by atoms with Crippen LogP contribution in [-0.4, -0.2) is 12.5 Å². The number of hydrogen-bond acceptors (Lipinski definition) is 2. The van der Waals surface area contributed by atoms with Crippen LogP contribution in [0.25, 0.3) is 0 Å². The molecule has 0 unspecified atom stereocenters. The minimum Gasteiger partial charge on any atom is -0.385 e. The third kappa shape index (κ3) is 3.09. The molecule has 14 heavy (non-hydrogen) atoms. The second-order valence-corrected chi connectivity index (χ2v) is 3.23. The molecule has 0 aliphatic rings. The Labute approximate surface area is 84.3 Å². The topological polar surface area (TPSA) is 55.1 Å². The predicted molar refractivity (Wildman–Crippen MR) is 58.1 cm³/mol. The summed E-state index contributed by atoms with van der Waals surface area (Å²) in [7, 11) is 0. The lowest BCUT2D eigenvalue weighted by Crippen LogP contribution is -2.15. The SMILES string of the molecule is CCCNc1ccccc1CC(N)=O. The van der Waals surface area contributed by atoms with Gasteiger partial charge in [-0.05, 0) is 18.1 Å². The predicted octanol–water partition coefficient (Wildman–Crippen LogP) is 1.54. The molecule has 1 rings (SSSR count). The summed E-state index contributed by atoms with van der Waals surface area (Å²) in [5, 5.41) is 3.26. The molecule has 0 spiro atoms. The number of rotatable bonds is 5. The van der Waals surface area contributed by atoms with Gasteiger partial charge in [0.05, 0.1) is 6.42 Å². The van der Waals surface area contributed by atoms with Gasteiger partial charge >= 0.3 is 0 Å². The van der Waals surface area contributed by atoms with Crippen LogP contribution in [0.1, 0.15) is 18.9 Å². The number of hydrogen-bond donors (Lipinski definition) is 2. The molecule has 0 aliphatic heterocycles. The monoisotopic (exact) mass is 192 g/mol. The summed E-state index contributed by atoms with van der Waals surface area (Å²) in [4.78, 5) is 10.8. The molecule has 3 N–H and O–H groups in total. The van der Waals surface area contributed by atoms with Gasteiger partial charge in [0.2, 0.25) is 5.91 Å². The van der Waals surface area contributed by atoms with E-state index in [0.29, 0.717) is 6.42 Å². The Morgan fingerprint density at radius 2 is 2.14 bits per heavy atom. The van der Waals surface area contributed by atoms with Gasteiger partial charge in [-0.1, -0.05) is 25.1 Å². The molecular weight excluding hydrogens is 176 g/mol. The maximum Gasteiger partial charge on any atom is 0.221 e. The number of benzene rings is 1. The lowest BCUT2D eigenvalue weighted by atomic mass is 10.1. The van der Waals surface area contributed by atoms with Crippen LogP contribution in [0.5, 0.6) is 0 Å². The summed E-state index contributed by atoms with van der Waals surface area (Å²) < 4.78 is 0. The molecule has 76 valence electrons. The van der Waals surface area contributed by atoms with Crippen molar-refractivity contribution in [2.75, 3.05) is 11.9 Å². The number of carbonyl (C=O) groups excluding carboxylic acids is 1. The highest BCUT2D eigenvalue weighted by atomic mass is 16.1. The minimum atomic E-state index is -0.296. The van der Waals surface area contributed by atoms with Crippen molar-refractivity contribution in [3.63, 3.8) is 0 Å². The van der Waals surface area contributed by atoms with E-state index >= 15 is 0 Å². The summed E-state index contributed by atoms with van der Waals surface area (Å²) in [5.74, 6) is -0.296. The first kappa shape index (κ1) is 10.6. The standard InChI is InChI=1S/C11H16N2O/c1-2-7-13-10-6-4-3-5-9(10)8-11(12)14/h3-6,13H,2,7-8H2,1H3,(H2,12,14). The Bertz CT molecular complexity index is 310. The fourth-order valence-corrected chi connectivity index (χ4v) is 1.29. The van der Waals surface area contributed by atoms with Gasteiger partial charge in [0.15, 0.2) is 0 Å². The van der Waals surface area contributed by atoms with E-state index in [0.717, 1.165) is 24.2 Å². The van der Waals surface area contributed by atoms with Crippen LogP contribution in [0.3, 0.4) is 0 Å². The van der Waals surface area contributed by atoms with E-state index in [-0.39, 0.29) is 5.91 Å². The van der Waals surface area contributed by atoms with Crippen molar-refractivity contribution in [3.8, 4) is 0 Å². The average Bonchev–Trinajstić information content (AvgIpc) is 2.16. The van der Waals surface area contributed by atoms with E-state index in [1.54, 1.807) is 0 Å². The van der Waals surface area contributed by atoms with Crippen molar-refractivity contribution in [3.05, 3.63) is 29.8 Å². The van der Waals surface area contributed by atoms with E-state index in [4.69, 9.17) is 5.73 Å². The third-order valence-electron chi connectivity index (χ3n) is 1.95. The van der Waals surface area contributed by atoms with Gasteiger partial charge in [-0.15, -0.1) is 0 Å². The van der Waals surface area contributed by atoms with E-state index < -0.39 is 0 Å². The summed E-state index contributed by atoms with van der Waals surface area (Å²) in [6, 6.07) is 7.74. The lowest BCUT2D eigenvalue weighted by Gasteiger charge is -2.09. The first-order chi connectivity index (χ1) is 6.74. The zero-order valence-electron chi connectivity index (χ0n) is 8.42. The molecule has 0 aromatic heterocycles. The Kier molecular flexibility index (Phi) is 3.98. The number of primary amides is 1. The van der Waals surface area contributed by atoms with E-state index in [2.05, 4.69) is 12.2 Å². The molecule has 0 saturated heterocycles. The van der Waals surface area contributed by atoms with Crippen molar-refractivity contribution < 1.29 is 4.79 Å². The molecule has 0 atom stereocenters. The number of nitrogens with two attached hydrogens (primary N) is 1. The number of amides is 1.